The number of ether oxygens (including phenoxy) is 1. The average molecular weight is 273 g/mol. The van der Waals surface area contributed by atoms with E-state index in [4.69, 9.17) is 10.00 Å². The number of anilines is 1. The van der Waals surface area contributed by atoms with Gasteiger partial charge in [0.1, 0.15) is 17.5 Å². The minimum absolute atomic E-state index is 0.113. The van der Waals surface area contributed by atoms with Crippen LogP contribution in [0, 0.1) is 17.2 Å². The number of para-hydroxylation sites is 1. The Morgan fingerprint density at radius 2 is 2.35 bits per heavy atom. The zero-order valence-corrected chi connectivity index (χ0v) is 11.8. The van der Waals surface area contributed by atoms with Crippen molar-refractivity contribution in [2.75, 3.05) is 19.0 Å². The van der Waals surface area contributed by atoms with Crippen LogP contribution >= 0.6 is 0 Å². The van der Waals surface area contributed by atoms with Gasteiger partial charge in [0.15, 0.2) is 0 Å². The number of benzene rings is 1. The predicted octanol–water partition coefficient (Wildman–Crippen LogP) is 1.89. The highest BCUT2D eigenvalue weighted by Crippen LogP contribution is 2.28. The lowest BCUT2D eigenvalue weighted by Crippen LogP contribution is -2.45. The fourth-order valence-electron chi connectivity index (χ4n) is 2.44. The Balaban J connectivity index is 2.17. The van der Waals surface area contributed by atoms with Crippen LogP contribution in [0.25, 0.3) is 0 Å². The Labute approximate surface area is 118 Å². The van der Waals surface area contributed by atoms with E-state index in [-0.39, 0.29) is 11.9 Å². The van der Waals surface area contributed by atoms with Crippen molar-refractivity contribution in [2.24, 2.45) is 5.92 Å². The van der Waals surface area contributed by atoms with Crippen LogP contribution in [-0.2, 0) is 4.79 Å². The lowest BCUT2D eigenvalue weighted by Gasteiger charge is -2.27. The largest absolute Gasteiger partial charge is 0.495 e. The SMILES string of the molecule is COc1cccc(C#N)c1NC(=O)C1CC(C)CCN1. The highest BCUT2D eigenvalue weighted by molar-refractivity contribution is 5.97. The molecule has 1 aliphatic heterocycles. The van der Waals surface area contributed by atoms with E-state index in [9.17, 15) is 4.79 Å². The molecule has 0 aromatic heterocycles. The molecule has 0 spiro atoms. The molecule has 1 amide bonds. The summed E-state index contributed by atoms with van der Waals surface area (Å²) < 4.78 is 5.21. The number of amides is 1. The molecule has 0 saturated carbocycles. The van der Waals surface area contributed by atoms with Crippen LogP contribution in [0.15, 0.2) is 18.2 Å². The number of nitrogens with one attached hydrogen (secondary N) is 2. The van der Waals surface area contributed by atoms with Crippen molar-refractivity contribution in [1.82, 2.24) is 5.32 Å². The van der Waals surface area contributed by atoms with Gasteiger partial charge in [0, 0.05) is 0 Å². The zero-order chi connectivity index (χ0) is 14.5. The standard InChI is InChI=1S/C15H19N3O2/c1-10-6-7-17-12(8-10)15(19)18-14-11(9-16)4-3-5-13(14)20-2/h3-5,10,12,17H,6-8H2,1-2H3,(H,18,19). The quantitative estimate of drug-likeness (QED) is 0.882. The summed E-state index contributed by atoms with van der Waals surface area (Å²) in [6.45, 7) is 2.99. The van der Waals surface area contributed by atoms with E-state index in [1.165, 1.54) is 7.11 Å². The Morgan fingerprint density at radius 1 is 1.55 bits per heavy atom. The lowest BCUT2D eigenvalue weighted by atomic mass is 9.94. The molecule has 1 aromatic rings. The van der Waals surface area contributed by atoms with Crippen LogP contribution in [-0.4, -0.2) is 25.6 Å². The Morgan fingerprint density at radius 3 is 3.00 bits per heavy atom. The number of piperidine rings is 1. The summed E-state index contributed by atoms with van der Waals surface area (Å²) in [7, 11) is 1.52. The number of hydrogen-bond acceptors (Lipinski definition) is 4. The molecule has 20 heavy (non-hydrogen) atoms. The van der Waals surface area contributed by atoms with Gasteiger partial charge in [-0.1, -0.05) is 13.0 Å². The van der Waals surface area contributed by atoms with Gasteiger partial charge in [-0.3, -0.25) is 4.79 Å². The molecule has 5 nitrogen and oxygen atoms in total. The molecule has 2 N–H and O–H groups in total. The van der Waals surface area contributed by atoms with E-state index in [0.29, 0.717) is 22.9 Å². The molecule has 0 bridgehead atoms. The Kier molecular flexibility index (Phi) is 4.59. The molecule has 1 fully saturated rings. The Hall–Kier alpha value is -2.06. The maximum atomic E-state index is 12.3. The van der Waals surface area contributed by atoms with Gasteiger partial charge in [-0.05, 0) is 37.4 Å². The van der Waals surface area contributed by atoms with E-state index >= 15 is 0 Å². The smallest absolute Gasteiger partial charge is 0.241 e. The van der Waals surface area contributed by atoms with Crippen LogP contribution in [0.1, 0.15) is 25.3 Å². The molecule has 0 radical (unpaired) electrons. The third kappa shape index (κ3) is 3.09. The maximum absolute atomic E-state index is 12.3. The Bertz CT molecular complexity index is 536. The van der Waals surface area contributed by atoms with Crippen molar-refractivity contribution in [3.05, 3.63) is 23.8 Å². The molecular weight excluding hydrogens is 254 g/mol. The number of hydrogen-bond donors (Lipinski definition) is 2. The molecule has 2 unspecified atom stereocenters. The highest BCUT2D eigenvalue weighted by Gasteiger charge is 2.25. The molecule has 1 saturated heterocycles. The molecule has 1 heterocycles. The first-order chi connectivity index (χ1) is 9.65. The maximum Gasteiger partial charge on any atom is 0.241 e. The fraction of sp³-hybridized carbons (Fsp3) is 0.467. The molecular formula is C15H19N3O2. The molecule has 5 heteroatoms. The number of carbonyl (C=O) groups excluding carboxylic acids is 1. The fourth-order valence-corrected chi connectivity index (χ4v) is 2.44. The summed E-state index contributed by atoms with van der Waals surface area (Å²) in [4.78, 5) is 12.3. The van der Waals surface area contributed by atoms with Crippen molar-refractivity contribution in [1.29, 1.82) is 5.26 Å². The van der Waals surface area contributed by atoms with E-state index in [1.807, 2.05) is 0 Å². The summed E-state index contributed by atoms with van der Waals surface area (Å²) in [6, 6.07) is 6.98. The number of methoxy groups -OCH3 is 1. The van der Waals surface area contributed by atoms with Crippen molar-refractivity contribution in [3.8, 4) is 11.8 Å². The number of carbonyl (C=O) groups is 1. The molecule has 0 aliphatic carbocycles. The van der Waals surface area contributed by atoms with E-state index < -0.39 is 0 Å². The van der Waals surface area contributed by atoms with Crippen molar-refractivity contribution >= 4 is 11.6 Å². The van der Waals surface area contributed by atoms with Crippen LogP contribution in [0.2, 0.25) is 0 Å². The second-order valence-corrected chi connectivity index (χ2v) is 5.12. The van der Waals surface area contributed by atoms with E-state index in [1.54, 1.807) is 18.2 Å². The van der Waals surface area contributed by atoms with Crippen LogP contribution in [0.3, 0.4) is 0 Å². The van der Waals surface area contributed by atoms with E-state index in [2.05, 4.69) is 23.6 Å². The van der Waals surface area contributed by atoms with Gasteiger partial charge in [-0.15, -0.1) is 0 Å². The normalized spacial score (nSPS) is 21.9. The molecule has 2 rings (SSSR count). The summed E-state index contributed by atoms with van der Waals surface area (Å²) in [5.41, 5.74) is 0.851. The molecule has 106 valence electrons. The zero-order valence-electron chi connectivity index (χ0n) is 11.8. The summed E-state index contributed by atoms with van der Waals surface area (Å²) in [6.07, 6.45) is 1.89. The number of nitriles is 1. The van der Waals surface area contributed by atoms with Crippen LogP contribution in [0.5, 0.6) is 5.75 Å². The van der Waals surface area contributed by atoms with Gasteiger partial charge in [-0.25, -0.2) is 0 Å². The van der Waals surface area contributed by atoms with Crippen molar-refractivity contribution in [2.45, 2.75) is 25.8 Å². The summed E-state index contributed by atoms with van der Waals surface area (Å²) >= 11 is 0. The third-order valence-electron chi connectivity index (χ3n) is 3.60. The first kappa shape index (κ1) is 14.4. The number of nitrogens with zero attached hydrogens (tertiary/aromatic N) is 1. The summed E-state index contributed by atoms with van der Waals surface area (Å²) in [5.74, 6) is 0.916. The van der Waals surface area contributed by atoms with Gasteiger partial charge in [-0.2, -0.15) is 5.26 Å². The minimum atomic E-state index is -0.213. The average Bonchev–Trinajstić information content (AvgIpc) is 2.47. The second-order valence-electron chi connectivity index (χ2n) is 5.12. The van der Waals surface area contributed by atoms with Gasteiger partial charge >= 0.3 is 0 Å². The van der Waals surface area contributed by atoms with Crippen LogP contribution < -0.4 is 15.4 Å². The lowest BCUT2D eigenvalue weighted by molar-refractivity contribution is -0.119. The van der Waals surface area contributed by atoms with Gasteiger partial charge in [0.2, 0.25) is 5.91 Å². The first-order valence-corrected chi connectivity index (χ1v) is 6.77. The van der Waals surface area contributed by atoms with Gasteiger partial charge in [0.25, 0.3) is 0 Å². The minimum Gasteiger partial charge on any atom is -0.495 e. The highest BCUT2D eigenvalue weighted by atomic mass is 16.5. The van der Waals surface area contributed by atoms with Gasteiger partial charge in [0.05, 0.1) is 18.7 Å². The predicted molar refractivity (Wildman–Crippen MR) is 76.5 cm³/mol. The monoisotopic (exact) mass is 273 g/mol. The second kappa shape index (κ2) is 6.40. The molecule has 1 aromatic carbocycles. The van der Waals surface area contributed by atoms with Crippen molar-refractivity contribution in [3.63, 3.8) is 0 Å². The summed E-state index contributed by atoms with van der Waals surface area (Å²) in [5, 5.41) is 15.2. The van der Waals surface area contributed by atoms with E-state index in [0.717, 1.165) is 19.4 Å². The molecule has 2 atom stereocenters. The number of rotatable bonds is 3. The molecule has 1 aliphatic rings. The topological polar surface area (TPSA) is 74.1 Å². The van der Waals surface area contributed by atoms with Gasteiger partial charge < -0.3 is 15.4 Å². The first-order valence-electron chi connectivity index (χ1n) is 6.77. The van der Waals surface area contributed by atoms with Crippen molar-refractivity contribution < 1.29 is 9.53 Å². The third-order valence-corrected chi connectivity index (χ3v) is 3.60. The van der Waals surface area contributed by atoms with Crippen LogP contribution in [0.4, 0.5) is 5.69 Å².